The van der Waals surface area contributed by atoms with E-state index in [1.807, 2.05) is 0 Å². The average Bonchev–Trinajstić information content (AvgIpc) is 3.03. The molecule has 2 atom stereocenters. The summed E-state index contributed by atoms with van der Waals surface area (Å²) in [7, 11) is 0. The number of carboxylic acid groups (broad SMARTS) is 1. The van der Waals surface area contributed by atoms with Gasteiger partial charge in [-0.2, -0.15) is 0 Å². The van der Waals surface area contributed by atoms with Gasteiger partial charge in [0.15, 0.2) is 6.61 Å². The van der Waals surface area contributed by atoms with Gasteiger partial charge in [-0.15, -0.1) is 0 Å². The monoisotopic (exact) mass is 264 g/mol. The highest BCUT2D eigenvalue weighted by atomic mass is 16.5. The number of amides is 2. The Bertz CT molecular complexity index is 472. The molecule has 0 heterocycles. The number of carbonyl (C=O) groups is 2. The van der Waals surface area contributed by atoms with Crippen LogP contribution in [0.5, 0.6) is 5.75 Å². The molecule has 1 aromatic rings. The normalized spacial score (nSPS) is 20.5. The molecule has 0 bridgehead atoms. The number of benzene rings is 1. The van der Waals surface area contributed by atoms with Crippen molar-refractivity contribution in [2.75, 3.05) is 11.9 Å². The lowest BCUT2D eigenvalue weighted by Crippen LogP contribution is -2.31. The van der Waals surface area contributed by atoms with Crippen LogP contribution in [-0.4, -0.2) is 29.8 Å². The Morgan fingerprint density at radius 3 is 2.53 bits per heavy atom. The molecule has 0 aromatic heterocycles. The van der Waals surface area contributed by atoms with Gasteiger partial charge in [-0.05, 0) is 36.6 Å². The summed E-state index contributed by atoms with van der Waals surface area (Å²) in [6, 6.07) is 6.59. The van der Waals surface area contributed by atoms with Crippen LogP contribution in [0, 0.1) is 5.92 Å². The molecule has 3 N–H and O–H groups in total. The second-order valence-electron chi connectivity index (χ2n) is 4.62. The smallest absolute Gasteiger partial charge is 0.341 e. The third kappa shape index (κ3) is 4.17. The second-order valence-corrected chi connectivity index (χ2v) is 4.62. The van der Waals surface area contributed by atoms with Crippen LogP contribution in [0.15, 0.2) is 24.3 Å². The van der Waals surface area contributed by atoms with Crippen LogP contribution in [0.2, 0.25) is 0 Å². The topological polar surface area (TPSA) is 87.7 Å². The molecule has 0 spiro atoms. The number of hydrogen-bond acceptors (Lipinski definition) is 3. The summed E-state index contributed by atoms with van der Waals surface area (Å²) in [4.78, 5) is 21.9. The summed E-state index contributed by atoms with van der Waals surface area (Å²) in [5.41, 5.74) is 0.633. The van der Waals surface area contributed by atoms with Crippen molar-refractivity contribution in [1.29, 1.82) is 0 Å². The maximum absolute atomic E-state index is 11.6. The van der Waals surface area contributed by atoms with Crippen LogP contribution in [0.4, 0.5) is 10.5 Å². The number of rotatable bonds is 5. The van der Waals surface area contributed by atoms with Gasteiger partial charge in [0.25, 0.3) is 0 Å². The first-order valence-corrected chi connectivity index (χ1v) is 6.07. The van der Waals surface area contributed by atoms with Crippen molar-refractivity contribution >= 4 is 17.7 Å². The zero-order valence-electron chi connectivity index (χ0n) is 10.6. The van der Waals surface area contributed by atoms with E-state index in [4.69, 9.17) is 9.84 Å². The summed E-state index contributed by atoms with van der Waals surface area (Å²) in [5.74, 6) is -0.0261. The van der Waals surface area contributed by atoms with E-state index in [0.29, 0.717) is 17.4 Å². The van der Waals surface area contributed by atoms with E-state index in [1.165, 1.54) is 0 Å². The predicted octanol–water partition coefficient (Wildman–Crippen LogP) is 1.68. The molecule has 6 heteroatoms. The number of ether oxygens (including phenoxy) is 1. The zero-order chi connectivity index (χ0) is 13.8. The van der Waals surface area contributed by atoms with E-state index in [-0.39, 0.29) is 18.7 Å². The molecule has 1 saturated carbocycles. The molecule has 0 radical (unpaired) electrons. The molecule has 0 saturated heterocycles. The standard InChI is InChI=1S/C13H16N2O4/c1-8-6-11(8)15-13(18)14-9-2-4-10(5-3-9)19-7-12(16)17/h2-5,8,11H,6-7H2,1H3,(H,16,17)(H2,14,15,18). The van der Waals surface area contributed by atoms with Crippen molar-refractivity contribution in [1.82, 2.24) is 5.32 Å². The van der Waals surface area contributed by atoms with Crippen molar-refractivity contribution in [3.8, 4) is 5.75 Å². The highest BCUT2D eigenvalue weighted by Gasteiger charge is 2.33. The highest BCUT2D eigenvalue weighted by molar-refractivity contribution is 5.89. The van der Waals surface area contributed by atoms with Gasteiger partial charge in [0, 0.05) is 11.7 Å². The number of hydrogen-bond donors (Lipinski definition) is 3. The summed E-state index contributed by atoms with van der Waals surface area (Å²) in [6.45, 7) is 1.70. The number of nitrogens with one attached hydrogen (secondary N) is 2. The van der Waals surface area contributed by atoms with Crippen LogP contribution < -0.4 is 15.4 Å². The molecule has 2 unspecified atom stereocenters. The highest BCUT2D eigenvalue weighted by Crippen LogP contribution is 2.28. The van der Waals surface area contributed by atoms with E-state index in [9.17, 15) is 9.59 Å². The third-order valence-electron chi connectivity index (χ3n) is 2.90. The predicted molar refractivity (Wildman–Crippen MR) is 69.3 cm³/mol. The number of carbonyl (C=O) groups excluding carboxylic acids is 1. The summed E-state index contributed by atoms with van der Waals surface area (Å²) in [6.07, 6.45) is 1.02. The number of urea groups is 1. The van der Waals surface area contributed by atoms with Crippen LogP contribution in [-0.2, 0) is 4.79 Å². The van der Waals surface area contributed by atoms with Gasteiger partial charge in [0.1, 0.15) is 5.75 Å². The maximum Gasteiger partial charge on any atom is 0.341 e. The van der Waals surface area contributed by atoms with Gasteiger partial charge in [-0.3, -0.25) is 0 Å². The molecule has 102 valence electrons. The third-order valence-corrected chi connectivity index (χ3v) is 2.90. The van der Waals surface area contributed by atoms with Crippen molar-refractivity contribution in [2.45, 2.75) is 19.4 Å². The minimum absolute atomic E-state index is 0.228. The molecular formula is C13H16N2O4. The van der Waals surface area contributed by atoms with Gasteiger partial charge in [0.2, 0.25) is 0 Å². The summed E-state index contributed by atoms with van der Waals surface area (Å²) < 4.78 is 4.99. The Balaban J connectivity index is 1.80. The molecule has 1 aliphatic carbocycles. The van der Waals surface area contributed by atoms with Gasteiger partial charge in [0.05, 0.1) is 0 Å². The largest absolute Gasteiger partial charge is 0.482 e. The Morgan fingerprint density at radius 1 is 1.37 bits per heavy atom. The van der Waals surface area contributed by atoms with Gasteiger partial charge in [-0.25, -0.2) is 9.59 Å². The molecule has 0 aliphatic heterocycles. The Hall–Kier alpha value is -2.24. The molecular weight excluding hydrogens is 248 g/mol. The summed E-state index contributed by atoms with van der Waals surface area (Å²) >= 11 is 0. The Kier molecular flexibility index (Phi) is 3.89. The quantitative estimate of drug-likeness (QED) is 0.755. The lowest BCUT2D eigenvalue weighted by Gasteiger charge is -2.08. The molecule has 1 aliphatic rings. The van der Waals surface area contributed by atoms with Crippen LogP contribution >= 0.6 is 0 Å². The van der Waals surface area contributed by atoms with Gasteiger partial charge in [-0.1, -0.05) is 6.92 Å². The SMILES string of the molecule is CC1CC1NC(=O)Nc1ccc(OCC(=O)O)cc1. The zero-order valence-corrected chi connectivity index (χ0v) is 10.6. The van der Waals surface area contributed by atoms with Crippen LogP contribution in [0.25, 0.3) is 0 Å². The number of aliphatic carboxylic acids is 1. The molecule has 2 rings (SSSR count). The molecule has 2 amide bonds. The fraction of sp³-hybridized carbons (Fsp3) is 0.385. The summed E-state index contributed by atoms with van der Waals surface area (Å²) in [5, 5.41) is 14.0. The van der Waals surface area contributed by atoms with E-state index < -0.39 is 5.97 Å². The lowest BCUT2D eigenvalue weighted by molar-refractivity contribution is -0.139. The van der Waals surface area contributed by atoms with Gasteiger partial charge >= 0.3 is 12.0 Å². The van der Waals surface area contributed by atoms with E-state index in [2.05, 4.69) is 17.6 Å². The average molecular weight is 264 g/mol. The Morgan fingerprint density at radius 2 is 2.00 bits per heavy atom. The van der Waals surface area contributed by atoms with Crippen molar-refractivity contribution in [3.63, 3.8) is 0 Å². The lowest BCUT2D eigenvalue weighted by atomic mass is 10.3. The van der Waals surface area contributed by atoms with Crippen LogP contribution in [0.3, 0.4) is 0 Å². The number of carboxylic acids is 1. The minimum atomic E-state index is -1.03. The number of anilines is 1. The van der Waals surface area contributed by atoms with Crippen molar-refractivity contribution in [2.24, 2.45) is 5.92 Å². The maximum atomic E-state index is 11.6. The Labute approximate surface area is 110 Å². The molecule has 1 fully saturated rings. The second kappa shape index (κ2) is 5.60. The molecule has 6 nitrogen and oxygen atoms in total. The van der Waals surface area contributed by atoms with E-state index in [0.717, 1.165) is 6.42 Å². The fourth-order valence-electron chi connectivity index (χ4n) is 1.64. The van der Waals surface area contributed by atoms with Crippen molar-refractivity contribution in [3.05, 3.63) is 24.3 Å². The first-order valence-electron chi connectivity index (χ1n) is 6.07. The van der Waals surface area contributed by atoms with Gasteiger partial charge < -0.3 is 20.5 Å². The first kappa shape index (κ1) is 13.2. The van der Waals surface area contributed by atoms with Crippen molar-refractivity contribution < 1.29 is 19.4 Å². The fourth-order valence-corrected chi connectivity index (χ4v) is 1.64. The molecule has 1 aromatic carbocycles. The molecule has 19 heavy (non-hydrogen) atoms. The minimum Gasteiger partial charge on any atom is -0.482 e. The van der Waals surface area contributed by atoms with Crippen LogP contribution in [0.1, 0.15) is 13.3 Å². The van der Waals surface area contributed by atoms with E-state index in [1.54, 1.807) is 24.3 Å². The first-order chi connectivity index (χ1) is 9.04. The van der Waals surface area contributed by atoms with E-state index >= 15 is 0 Å².